The molecular formula is C19H35NO5Y. The number of hydrogen-bond donors (Lipinski definition) is 2. The number of carboxylic acid groups (broad SMARTS) is 2. The summed E-state index contributed by atoms with van der Waals surface area (Å²) in [5.74, 6) is -1.69. The van der Waals surface area contributed by atoms with Crippen LogP contribution in [-0.4, -0.2) is 41.8 Å². The fourth-order valence-electron chi connectivity index (χ4n) is 1.61. The van der Waals surface area contributed by atoms with Crippen molar-refractivity contribution in [2.45, 2.75) is 54.9 Å². The van der Waals surface area contributed by atoms with Gasteiger partial charge in [-0.1, -0.05) is 60.6 Å². The van der Waals surface area contributed by atoms with Gasteiger partial charge in [-0.3, -0.25) is 9.59 Å². The topological polar surface area (TPSA) is 87.1 Å². The van der Waals surface area contributed by atoms with Crippen LogP contribution in [-0.2, 0) is 42.3 Å². The van der Waals surface area contributed by atoms with Crippen LogP contribution in [0.1, 0.15) is 54.9 Å². The maximum Gasteiger partial charge on any atom is 0.323 e. The Labute approximate surface area is 183 Å². The van der Waals surface area contributed by atoms with Gasteiger partial charge in [-0.15, -0.1) is 0 Å². The maximum absolute atomic E-state index is 10.8. The minimum atomic E-state index is -1.09. The molecule has 1 aromatic rings. The molecule has 0 aliphatic heterocycles. The number of hydrogen-bond acceptors (Lipinski definition) is 4. The van der Waals surface area contributed by atoms with E-state index in [1.807, 2.05) is 48.5 Å². The summed E-state index contributed by atoms with van der Waals surface area (Å²) in [5, 5.41) is 17.7. The number of aliphatic carboxylic acids is 2. The van der Waals surface area contributed by atoms with Crippen LogP contribution >= 0.6 is 0 Å². The molecule has 0 aromatic heterocycles. The normalized spacial score (nSPS) is 7.96. The van der Waals surface area contributed by atoms with Gasteiger partial charge in [0.15, 0.2) is 0 Å². The second kappa shape index (κ2) is 23.9. The molecule has 1 aromatic carbocycles. The summed E-state index contributed by atoms with van der Waals surface area (Å²) < 4.78 is 5.50. The third-order valence-corrected chi connectivity index (χ3v) is 2.32. The summed E-state index contributed by atoms with van der Waals surface area (Å²) in [4.78, 5) is 22.9. The predicted molar refractivity (Wildman–Crippen MR) is 104 cm³/mol. The quantitative estimate of drug-likeness (QED) is 0.610. The molecule has 1 rings (SSSR count). The average Bonchev–Trinajstić information content (AvgIpc) is 2.64. The van der Waals surface area contributed by atoms with E-state index in [4.69, 9.17) is 14.9 Å². The number of para-hydroxylation sites is 2. The van der Waals surface area contributed by atoms with Crippen LogP contribution in [0.3, 0.4) is 0 Å². The van der Waals surface area contributed by atoms with Gasteiger partial charge in [-0.2, -0.15) is 0 Å². The van der Waals surface area contributed by atoms with Crippen molar-refractivity contribution in [1.29, 1.82) is 0 Å². The molecule has 0 heterocycles. The van der Waals surface area contributed by atoms with Gasteiger partial charge in [0.05, 0.1) is 12.3 Å². The van der Waals surface area contributed by atoms with Gasteiger partial charge < -0.3 is 19.8 Å². The third-order valence-electron chi connectivity index (χ3n) is 2.32. The van der Waals surface area contributed by atoms with E-state index in [1.165, 1.54) is 4.90 Å². The van der Waals surface area contributed by atoms with E-state index in [2.05, 4.69) is 0 Å². The molecule has 1 radical (unpaired) electrons. The van der Waals surface area contributed by atoms with Crippen LogP contribution in [0.15, 0.2) is 24.3 Å². The number of ether oxygens (including phenoxy) is 1. The van der Waals surface area contributed by atoms with Crippen molar-refractivity contribution in [3.8, 4) is 5.75 Å². The van der Waals surface area contributed by atoms with E-state index in [0.717, 1.165) is 6.42 Å². The minimum absolute atomic E-state index is 0. The van der Waals surface area contributed by atoms with Crippen molar-refractivity contribution < 1.29 is 57.2 Å². The Balaban J connectivity index is -0.000000312. The third kappa shape index (κ3) is 16.3. The summed E-state index contributed by atoms with van der Waals surface area (Å²) in [5.41, 5.74) is 0.473. The Bertz CT molecular complexity index is 439. The second-order valence-corrected chi connectivity index (χ2v) is 3.96. The van der Waals surface area contributed by atoms with Crippen molar-refractivity contribution in [2.24, 2.45) is 0 Å². The van der Waals surface area contributed by atoms with E-state index in [0.29, 0.717) is 18.0 Å². The van der Waals surface area contributed by atoms with Gasteiger partial charge in [0, 0.05) is 32.7 Å². The molecule has 0 atom stereocenters. The Morgan fingerprint density at radius 3 is 1.73 bits per heavy atom. The second-order valence-electron chi connectivity index (χ2n) is 3.96. The molecule has 0 aliphatic carbocycles. The first-order valence-electron chi connectivity index (χ1n) is 8.95. The fourth-order valence-corrected chi connectivity index (χ4v) is 1.61. The van der Waals surface area contributed by atoms with E-state index < -0.39 is 25.0 Å². The van der Waals surface area contributed by atoms with Crippen molar-refractivity contribution in [3.63, 3.8) is 0 Å². The van der Waals surface area contributed by atoms with Crippen LogP contribution in [0.5, 0.6) is 5.75 Å². The summed E-state index contributed by atoms with van der Waals surface area (Å²) in [6.07, 6.45) is 0.812. The Kier molecular flexibility index (Phi) is 29.9. The van der Waals surface area contributed by atoms with Gasteiger partial charge in [0.2, 0.25) is 0 Å². The molecule has 0 fully saturated rings. The molecular weight excluding hydrogens is 411 g/mol. The zero-order valence-corrected chi connectivity index (χ0v) is 20.1. The average molecular weight is 446 g/mol. The van der Waals surface area contributed by atoms with Crippen LogP contribution in [0.4, 0.5) is 5.69 Å². The number of rotatable bonds is 8. The van der Waals surface area contributed by atoms with Gasteiger partial charge in [0.1, 0.15) is 18.8 Å². The molecule has 0 saturated carbocycles. The van der Waals surface area contributed by atoms with Crippen molar-refractivity contribution in [2.75, 3.05) is 24.6 Å². The van der Waals surface area contributed by atoms with Crippen LogP contribution in [0.25, 0.3) is 0 Å². The van der Waals surface area contributed by atoms with Crippen molar-refractivity contribution in [1.82, 2.24) is 0 Å². The number of benzene rings is 1. The van der Waals surface area contributed by atoms with E-state index in [1.54, 1.807) is 24.3 Å². The van der Waals surface area contributed by atoms with Crippen LogP contribution in [0.2, 0.25) is 0 Å². The molecule has 0 aliphatic rings. The standard InChI is InChI=1S/C13H17NO5.3C2H6.Y/c1-2-7-19-11-6-4-3-5-10(11)14(8-12(15)16)9-13(17)18;3*1-2;/h3-6H,2,7-9H2,1H3,(H,15,16)(H,17,18);3*1-2H3;. The number of anilines is 1. The van der Waals surface area contributed by atoms with Crippen molar-refractivity contribution in [3.05, 3.63) is 24.3 Å². The molecule has 7 heteroatoms. The molecule has 6 nitrogen and oxygen atoms in total. The molecule has 0 bridgehead atoms. The Morgan fingerprint density at radius 2 is 1.35 bits per heavy atom. The predicted octanol–water partition coefficient (Wildman–Crippen LogP) is 4.53. The largest absolute Gasteiger partial charge is 0.491 e. The fraction of sp³-hybridized carbons (Fsp3) is 0.579. The van der Waals surface area contributed by atoms with Gasteiger partial charge in [0.25, 0.3) is 0 Å². The van der Waals surface area contributed by atoms with Crippen molar-refractivity contribution >= 4 is 17.6 Å². The van der Waals surface area contributed by atoms with Crippen LogP contribution < -0.4 is 9.64 Å². The van der Waals surface area contributed by atoms with E-state index >= 15 is 0 Å². The summed E-state index contributed by atoms with van der Waals surface area (Å²) in [6, 6.07) is 6.82. The first-order valence-corrected chi connectivity index (χ1v) is 8.95. The number of carbonyl (C=O) groups is 2. The van der Waals surface area contributed by atoms with E-state index in [-0.39, 0.29) is 32.7 Å². The molecule has 26 heavy (non-hydrogen) atoms. The monoisotopic (exact) mass is 446 g/mol. The Hall–Kier alpha value is -1.14. The number of nitrogens with zero attached hydrogens (tertiary/aromatic N) is 1. The first-order chi connectivity index (χ1) is 12.0. The van der Waals surface area contributed by atoms with Crippen LogP contribution in [0, 0.1) is 0 Å². The molecule has 0 spiro atoms. The zero-order chi connectivity index (χ0) is 20.3. The Morgan fingerprint density at radius 1 is 0.923 bits per heavy atom. The molecule has 2 N–H and O–H groups in total. The van der Waals surface area contributed by atoms with Gasteiger partial charge >= 0.3 is 11.9 Å². The molecule has 0 amide bonds. The van der Waals surface area contributed by atoms with Gasteiger partial charge in [-0.05, 0) is 18.6 Å². The molecule has 0 saturated heterocycles. The summed E-state index contributed by atoms with van der Waals surface area (Å²) in [7, 11) is 0. The SMILES string of the molecule is CC.CC.CC.CCCOc1ccccc1N(CC(=O)O)CC(=O)O.[Y]. The molecule has 0 unspecified atom stereocenters. The van der Waals surface area contributed by atoms with Gasteiger partial charge in [-0.25, -0.2) is 0 Å². The smallest absolute Gasteiger partial charge is 0.323 e. The molecule has 149 valence electrons. The summed E-state index contributed by atoms with van der Waals surface area (Å²) in [6.45, 7) is 13.7. The first kappa shape index (κ1) is 32.5. The zero-order valence-electron chi connectivity index (χ0n) is 17.3. The van der Waals surface area contributed by atoms with E-state index in [9.17, 15) is 9.59 Å². The summed E-state index contributed by atoms with van der Waals surface area (Å²) >= 11 is 0. The number of carboxylic acids is 2. The maximum atomic E-state index is 10.8. The minimum Gasteiger partial charge on any atom is -0.491 e.